The SMILES string of the molecule is CCc1nc(CN(C)C(=O)CCCN2C(=O)NC3(CCCC3)C2=O)cs1. The fraction of sp³-hybridized carbons (Fsp3) is 0.667. The van der Waals surface area contributed by atoms with E-state index in [0.29, 0.717) is 25.9 Å². The Kier molecular flexibility index (Phi) is 5.60. The minimum Gasteiger partial charge on any atom is -0.340 e. The first kappa shape index (κ1) is 18.8. The number of thiazole rings is 1. The molecule has 1 aliphatic carbocycles. The average molecular weight is 378 g/mol. The summed E-state index contributed by atoms with van der Waals surface area (Å²) in [5, 5.41) is 5.92. The van der Waals surface area contributed by atoms with Crippen LogP contribution in [-0.2, 0) is 22.6 Å². The topological polar surface area (TPSA) is 82.6 Å². The molecule has 0 aromatic carbocycles. The normalized spacial score (nSPS) is 18.6. The molecule has 0 bridgehead atoms. The maximum atomic E-state index is 12.6. The molecule has 1 aromatic heterocycles. The highest BCUT2D eigenvalue weighted by Crippen LogP contribution is 2.35. The Morgan fingerprint density at radius 1 is 1.38 bits per heavy atom. The second-order valence-corrected chi connectivity index (χ2v) is 8.06. The summed E-state index contributed by atoms with van der Waals surface area (Å²) in [7, 11) is 1.76. The van der Waals surface area contributed by atoms with Gasteiger partial charge in [0, 0.05) is 25.4 Å². The summed E-state index contributed by atoms with van der Waals surface area (Å²) >= 11 is 1.61. The van der Waals surface area contributed by atoms with E-state index in [-0.39, 0.29) is 17.8 Å². The van der Waals surface area contributed by atoms with Crippen molar-refractivity contribution in [2.24, 2.45) is 0 Å². The van der Waals surface area contributed by atoms with Crippen LogP contribution in [0.2, 0.25) is 0 Å². The maximum absolute atomic E-state index is 12.6. The first-order valence-electron chi connectivity index (χ1n) is 9.26. The maximum Gasteiger partial charge on any atom is 0.325 e. The number of rotatable bonds is 7. The third-order valence-corrected chi connectivity index (χ3v) is 6.24. The number of aromatic nitrogens is 1. The molecule has 1 N–H and O–H groups in total. The third kappa shape index (κ3) is 3.75. The molecule has 7 nitrogen and oxygen atoms in total. The van der Waals surface area contributed by atoms with E-state index < -0.39 is 5.54 Å². The van der Waals surface area contributed by atoms with E-state index in [2.05, 4.69) is 17.2 Å². The molecule has 1 saturated heterocycles. The molecule has 142 valence electrons. The zero-order valence-corrected chi connectivity index (χ0v) is 16.2. The molecule has 26 heavy (non-hydrogen) atoms. The van der Waals surface area contributed by atoms with Crippen LogP contribution < -0.4 is 5.32 Å². The van der Waals surface area contributed by atoms with Crippen LogP contribution in [0.4, 0.5) is 4.79 Å². The van der Waals surface area contributed by atoms with Crippen molar-refractivity contribution in [1.29, 1.82) is 0 Å². The lowest BCUT2D eigenvalue weighted by atomic mass is 9.98. The van der Waals surface area contributed by atoms with Crippen molar-refractivity contribution in [2.75, 3.05) is 13.6 Å². The zero-order chi connectivity index (χ0) is 18.7. The zero-order valence-electron chi connectivity index (χ0n) is 15.4. The van der Waals surface area contributed by atoms with Gasteiger partial charge < -0.3 is 10.2 Å². The summed E-state index contributed by atoms with van der Waals surface area (Å²) in [6, 6.07) is -0.313. The van der Waals surface area contributed by atoms with Gasteiger partial charge in [-0.25, -0.2) is 9.78 Å². The van der Waals surface area contributed by atoms with Crippen molar-refractivity contribution in [3.05, 3.63) is 16.1 Å². The predicted molar refractivity (Wildman–Crippen MR) is 98.6 cm³/mol. The van der Waals surface area contributed by atoms with Crippen molar-refractivity contribution < 1.29 is 14.4 Å². The predicted octanol–water partition coefficient (Wildman–Crippen LogP) is 2.31. The molecule has 3 rings (SSSR count). The Bertz CT molecular complexity index is 696. The summed E-state index contributed by atoms with van der Waals surface area (Å²) in [6.07, 6.45) is 5.09. The number of amides is 4. The van der Waals surface area contributed by atoms with Gasteiger partial charge in [0.25, 0.3) is 5.91 Å². The van der Waals surface area contributed by atoms with E-state index in [4.69, 9.17) is 0 Å². The van der Waals surface area contributed by atoms with Gasteiger partial charge in [0.15, 0.2) is 0 Å². The van der Waals surface area contributed by atoms with E-state index in [0.717, 1.165) is 42.8 Å². The highest BCUT2D eigenvalue weighted by atomic mass is 32.1. The monoisotopic (exact) mass is 378 g/mol. The number of carbonyl (C=O) groups excluding carboxylic acids is 3. The van der Waals surface area contributed by atoms with Crippen molar-refractivity contribution in [2.45, 2.75) is 64.0 Å². The number of nitrogens with one attached hydrogen (secondary N) is 1. The summed E-state index contributed by atoms with van der Waals surface area (Å²) in [5.74, 6) is -0.117. The second kappa shape index (κ2) is 7.73. The molecule has 0 radical (unpaired) electrons. The first-order valence-corrected chi connectivity index (χ1v) is 10.1. The lowest BCUT2D eigenvalue weighted by Gasteiger charge is -2.20. The molecule has 2 aliphatic rings. The average Bonchev–Trinajstić information content (AvgIpc) is 3.32. The minimum atomic E-state index is -0.667. The van der Waals surface area contributed by atoms with Gasteiger partial charge >= 0.3 is 6.03 Å². The fourth-order valence-corrected chi connectivity index (χ4v) is 4.43. The van der Waals surface area contributed by atoms with E-state index in [9.17, 15) is 14.4 Å². The van der Waals surface area contributed by atoms with Crippen LogP contribution in [0.1, 0.15) is 56.2 Å². The van der Waals surface area contributed by atoms with E-state index >= 15 is 0 Å². The van der Waals surface area contributed by atoms with E-state index in [1.165, 1.54) is 4.90 Å². The molecular weight excluding hydrogens is 352 g/mol. The number of hydrogen-bond acceptors (Lipinski definition) is 5. The summed E-state index contributed by atoms with van der Waals surface area (Å²) < 4.78 is 0. The van der Waals surface area contributed by atoms with Crippen molar-refractivity contribution in [3.63, 3.8) is 0 Å². The van der Waals surface area contributed by atoms with Crippen LogP contribution in [0.5, 0.6) is 0 Å². The molecule has 1 aromatic rings. The van der Waals surface area contributed by atoms with Gasteiger partial charge in [0.2, 0.25) is 5.91 Å². The quantitative estimate of drug-likeness (QED) is 0.738. The van der Waals surface area contributed by atoms with Crippen LogP contribution in [0.3, 0.4) is 0 Å². The molecular formula is C18H26N4O3S. The summed E-state index contributed by atoms with van der Waals surface area (Å²) in [6.45, 7) is 2.84. The van der Waals surface area contributed by atoms with Crippen LogP contribution >= 0.6 is 11.3 Å². The second-order valence-electron chi connectivity index (χ2n) is 7.12. The van der Waals surface area contributed by atoms with Gasteiger partial charge in [-0.2, -0.15) is 0 Å². The van der Waals surface area contributed by atoms with Crippen molar-refractivity contribution >= 4 is 29.2 Å². The Labute approximate surface area is 157 Å². The van der Waals surface area contributed by atoms with Gasteiger partial charge in [-0.15, -0.1) is 11.3 Å². The number of urea groups is 1. The summed E-state index contributed by atoms with van der Waals surface area (Å²) in [5.41, 5.74) is 0.236. The fourth-order valence-electron chi connectivity index (χ4n) is 3.69. The molecule has 0 unspecified atom stereocenters. The summed E-state index contributed by atoms with van der Waals surface area (Å²) in [4.78, 5) is 44.4. The van der Waals surface area contributed by atoms with Crippen LogP contribution in [-0.4, -0.2) is 51.8 Å². The molecule has 4 amide bonds. The van der Waals surface area contributed by atoms with Gasteiger partial charge in [0.05, 0.1) is 17.2 Å². The van der Waals surface area contributed by atoms with Gasteiger partial charge in [0.1, 0.15) is 5.54 Å². The Morgan fingerprint density at radius 3 is 2.77 bits per heavy atom. The highest BCUT2D eigenvalue weighted by molar-refractivity contribution is 7.09. The van der Waals surface area contributed by atoms with E-state index in [1.807, 2.05) is 5.38 Å². The Balaban J connectivity index is 1.46. The minimum absolute atomic E-state index is 0.00122. The molecule has 1 spiro atoms. The lowest BCUT2D eigenvalue weighted by molar-refractivity contribution is -0.133. The van der Waals surface area contributed by atoms with Gasteiger partial charge in [-0.3, -0.25) is 14.5 Å². The molecule has 2 heterocycles. The Morgan fingerprint density at radius 2 is 2.12 bits per heavy atom. The molecule has 1 saturated carbocycles. The standard InChI is InChI=1S/C18H26N4O3S/c1-3-14-19-13(12-26-14)11-21(2)15(23)7-6-10-22-16(24)18(20-17(22)25)8-4-5-9-18/h12H,3-11H2,1-2H3,(H,20,25). The molecule has 8 heteroatoms. The highest BCUT2D eigenvalue weighted by Gasteiger charge is 2.52. The molecule has 1 aliphatic heterocycles. The van der Waals surface area contributed by atoms with E-state index in [1.54, 1.807) is 23.3 Å². The van der Waals surface area contributed by atoms with Crippen LogP contribution in [0, 0.1) is 0 Å². The van der Waals surface area contributed by atoms with Crippen molar-refractivity contribution in [1.82, 2.24) is 20.1 Å². The number of aryl methyl sites for hydroxylation is 1. The van der Waals surface area contributed by atoms with Gasteiger partial charge in [-0.05, 0) is 25.7 Å². The first-order chi connectivity index (χ1) is 12.4. The lowest BCUT2D eigenvalue weighted by Crippen LogP contribution is -2.44. The van der Waals surface area contributed by atoms with Crippen molar-refractivity contribution in [3.8, 4) is 0 Å². The largest absolute Gasteiger partial charge is 0.340 e. The van der Waals surface area contributed by atoms with Crippen LogP contribution in [0.25, 0.3) is 0 Å². The number of imide groups is 1. The molecule has 0 atom stereocenters. The van der Waals surface area contributed by atoms with Gasteiger partial charge in [-0.1, -0.05) is 19.8 Å². The van der Waals surface area contributed by atoms with Crippen LogP contribution in [0.15, 0.2) is 5.38 Å². The Hall–Kier alpha value is -1.96. The number of hydrogen-bond donors (Lipinski definition) is 1. The third-order valence-electron chi connectivity index (χ3n) is 5.20. The number of nitrogens with zero attached hydrogens (tertiary/aromatic N) is 3. The number of carbonyl (C=O) groups is 3. The molecule has 2 fully saturated rings. The smallest absolute Gasteiger partial charge is 0.325 e.